The summed E-state index contributed by atoms with van der Waals surface area (Å²) in [7, 11) is -2.46. The Balaban J connectivity index is 1.81. The van der Waals surface area contributed by atoms with Crippen LogP contribution in [0.4, 0.5) is 8.78 Å². The Morgan fingerprint density at radius 1 is 1.26 bits per heavy atom. The number of esters is 1. The van der Waals surface area contributed by atoms with E-state index in [0.717, 1.165) is 18.9 Å². The quantitative estimate of drug-likeness (QED) is 0.561. The molecule has 1 unspecified atom stereocenters. The Bertz CT molecular complexity index is 1060. The fourth-order valence-corrected chi connectivity index (χ4v) is 5.89. The molecule has 1 saturated heterocycles. The number of carbonyl (C=O) groups is 1. The number of halogens is 2. The van der Waals surface area contributed by atoms with Gasteiger partial charge in [-0.3, -0.25) is 4.68 Å². The van der Waals surface area contributed by atoms with E-state index in [1.165, 1.54) is 24.1 Å². The fraction of sp³-hybridized carbons (Fsp3) is 0.600. The van der Waals surface area contributed by atoms with Crippen LogP contribution in [0.15, 0.2) is 23.2 Å². The number of hydrogen-bond donors (Lipinski definition) is 0. The second-order valence-electron chi connectivity index (χ2n) is 7.90. The van der Waals surface area contributed by atoms with Gasteiger partial charge in [0.15, 0.2) is 9.84 Å². The zero-order valence-corrected chi connectivity index (χ0v) is 17.8. The third kappa shape index (κ3) is 4.52. The van der Waals surface area contributed by atoms with Crippen molar-refractivity contribution in [1.82, 2.24) is 9.78 Å². The number of aromatic nitrogens is 2. The Morgan fingerprint density at radius 2 is 1.97 bits per heavy atom. The highest BCUT2D eigenvalue weighted by atomic mass is 32.2. The van der Waals surface area contributed by atoms with Crippen molar-refractivity contribution < 1.29 is 36.2 Å². The van der Waals surface area contributed by atoms with Crippen molar-refractivity contribution >= 4 is 26.7 Å². The Kier molecular flexibility index (Phi) is 6.16. The third-order valence-electron chi connectivity index (χ3n) is 5.81. The molecule has 1 saturated carbocycles. The predicted molar refractivity (Wildman–Crippen MR) is 106 cm³/mol. The van der Waals surface area contributed by atoms with E-state index >= 15 is 0 Å². The van der Waals surface area contributed by atoms with Crippen LogP contribution in [0.2, 0.25) is 0 Å². The van der Waals surface area contributed by atoms with Crippen LogP contribution in [0.25, 0.3) is 10.9 Å². The average molecular weight is 458 g/mol. The van der Waals surface area contributed by atoms with Crippen molar-refractivity contribution in [3.8, 4) is 5.75 Å². The molecule has 0 N–H and O–H groups in total. The van der Waals surface area contributed by atoms with Crippen LogP contribution in [-0.4, -0.2) is 56.4 Å². The van der Waals surface area contributed by atoms with Crippen LogP contribution >= 0.6 is 0 Å². The van der Waals surface area contributed by atoms with Gasteiger partial charge in [-0.05, 0) is 44.1 Å². The topological polar surface area (TPSA) is 96.7 Å². The van der Waals surface area contributed by atoms with Gasteiger partial charge >= 0.3 is 12.6 Å². The van der Waals surface area contributed by atoms with Gasteiger partial charge in [0.25, 0.3) is 0 Å². The summed E-state index contributed by atoms with van der Waals surface area (Å²) in [5.41, 5.74) is 0.236. The van der Waals surface area contributed by atoms with Gasteiger partial charge in [-0.25, -0.2) is 13.2 Å². The molecule has 4 rings (SSSR count). The van der Waals surface area contributed by atoms with Gasteiger partial charge in [-0.15, -0.1) is 0 Å². The molecule has 1 aromatic heterocycles. The molecule has 170 valence electrons. The second-order valence-corrected chi connectivity index (χ2v) is 10.1. The zero-order chi connectivity index (χ0) is 22.2. The van der Waals surface area contributed by atoms with Gasteiger partial charge in [0.05, 0.1) is 29.0 Å². The number of nitrogens with zero attached hydrogens (tertiary/aromatic N) is 2. The third-order valence-corrected chi connectivity index (χ3v) is 8.11. The van der Waals surface area contributed by atoms with E-state index in [-0.39, 0.29) is 27.5 Å². The largest absolute Gasteiger partial charge is 0.467 e. The highest BCUT2D eigenvalue weighted by Gasteiger charge is 2.39. The second kappa shape index (κ2) is 8.70. The number of carbonyl (C=O) groups excluding carboxylic acids is 1. The molecule has 2 heterocycles. The van der Waals surface area contributed by atoms with Crippen molar-refractivity contribution in [2.75, 3.05) is 20.3 Å². The Labute approximate surface area is 178 Å². The molecule has 0 amide bonds. The van der Waals surface area contributed by atoms with Crippen LogP contribution in [0.1, 0.15) is 38.1 Å². The van der Waals surface area contributed by atoms with Gasteiger partial charge < -0.3 is 14.2 Å². The summed E-state index contributed by atoms with van der Waals surface area (Å²) >= 11 is 0. The molecule has 8 nitrogen and oxygen atoms in total. The SMILES string of the molecule is COC(=O)C(CC1CCOCC1)n1ncc2c(S(=O)(=O)C3CC3)cc(OC(F)F)cc21. The molecule has 0 radical (unpaired) electrons. The van der Waals surface area contributed by atoms with Crippen molar-refractivity contribution in [1.29, 1.82) is 0 Å². The van der Waals surface area contributed by atoms with Gasteiger partial charge in [-0.2, -0.15) is 13.9 Å². The Morgan fingerprint density at radius 3 is 2.58 bits per heavy atom. The molecule has 1 aliphatic carbocycles. The van der Waals surface area contributed by atoms with Crippen molar-refractivity contribution in [2.45, 2.75) is 54.9 Å². The summed E-state index contributed by atoms with van der Waals surface area (Å²) in [5.74, 6) is -0.645. The number of fused-ring (bicyclic) bond motifs is 1. The monoisotopic (exact) mass is 458 g/mol. The number of benzene rings is 1. The number of alkyl halides is 2. The molecular formula is C20H24F2N2O6S. The van der Waals surface area contributed by atoms with E-state index in [0.29, 0.717) is 32.5 Å². The lowest BCUT2D eigenvalue weighted by molar-refractivity contribution is -0.145. The van der Waals surface area contributed by atoms with E-state index in [1.807, 2.05) is 0 Å². The van der Waals surface area contributed by atoms with E-state index in [1.54, 1.807) is 0 Å². The summed E-state index contributed by atoms with van der Waals surface area (Å²) in [4.78, 5) is 12.5. The molecule has 0 bridgehead atoms. The lowest BCUT2D eigenvalue weighted by atomic mass is 9.92. The molecule has 1 aliphatic heterocycles. The molecule has 11 heteroatoms. The molecule has 2 fully saturated rings. The summed E-state index contributed by atoms with van der Waals surface area (Å²) in [5, 5.41) is 4.01. The van der Waals surface area contributed by atoms with E-state index in [9.17, 15) is 22.0 Å². The first-order valence-corrected chi connectivity index (χ1v) is 11.7. The van der Waals surface area contributed by atoms with Gasteiger partial charge in [0.1, 0.15) is 11.8 Å². The smallest absolute Gasteiger partial charge is 0.387 e. The molecule has 1 aromatic carbocycles. The maximum absolute atomic E-state index is 12.9. The zero-order valence-electron chi connectivity index (χ0n) is 17.0. The molecule has 2 aliphatic rings. The van der Waals surface area contributed by atoms with Crippen LogP contribution < -0.4 is 4.74 Å². The summed E-state index contributed by atoms with van der Waals surface area (Å²) < 4.78 is 68.0. The molecule has 31 heavy (non-hydrogen) atoms. The van der Waals surface area contributed by atoms with Crippen LogP contribution in [0, 0.1) is 5.92 Å². The van der Waals surface area contributed by atoms with Gasteiger partial charge in [-0.1, -0.05) is 0 Å². The first kappa shape index (κ1) is 21.9. The highest BCUT2D eigenvalue weighted by Crippen LogP contribution is 2.39. The fourth-order valence-electron chi connectivity index (χ4n) is 4.03. The summed E-state index contributed by atoms with van der Waals surface area (Å²) in [6.07, 6.45) is 4.36. The Hall–Kier alpha value is -2.27. The lowest BCUT2D eigenvalue weighted by Crippen LogP contribution is -2.27. The highest BCUT2D eigenvalue weighted by molar-refractivity contribution is 7.92. The molecule has 2 aromatic rings. The maximum Gasteiger partial charge on any atom is 0.387 e. The van der Waals surface area contributed by atoms with Gasteiger partial charge in [0, 0.05) is 24.7 Å². The van der Waals surface area contributed by atoms with E-state index < -0.39 is 33.7 Å². The lowest BCUT2D eigenvalue weighted by Gasteiger charge is -2.26. The molecular weight excluding hydrogens is 434 g/mol. The van der Waals surface area contributed by atoms with Crippen molar-refractivity contribution in [2.24, 2.45) is 5.92 Å². The van der Waals surface area contributed by atoms with Crippen LogP contribution in [-0.2, 0) is 24.1 Å². The van der Waals surface area contributed by atoms with E-state index in [4.69, 9.17) is 9.47 Å². The standard InChI is InChI=1S/C20H24F2N2O6S/c1-28-19(25)17(8-12-4-6-29-7-5-12)24-16-9-13(30-20(21)22)10-18(15(16)11-23-24)31(26,27)14-2-3-14/h9-12,14,17,20H,2-8H2,1H3. The first-order chi connectivity index (χ1) is 14.8. The minimum atomic E-state index is -3.73. The molecule has 1 atom stereocenters. The van der Waals surface area contributed by atoms with E-state index in [2.05, 4.69) is 9.84 Å². The normalized spacial score (nSPS) is 19.0. The summed E-state index contributed by atoms with van der Waals surface area (Å²) in [6, 6.07) is 1.57. The maximum atomic E-state index is 12.9. The minimum Gasteiger partial charge on any atom is -0.467 e. The summed E-state index contributed by atoms with van der Waals surface area (Å²) in [6.45, 7) is -1.94. The number of hydrogen-bond acceptors (Lipinski definition) is 7. The van der Waals surface area contributed by atoms with Crippen molar-refractivity contribution in [3.05, 3.63) is 18.3 Å². The number of rotatable bonds is 8. The first-order valence-electron chi connectivity index (χ1n) is 10.2. The number of methoxy groups -OCH3 is 1. The van der Waals surface area contributed by atoms with Crippen molar-refractivity contribution in [3.63, 3.8) is 0 Å². The number of sulfone groups is 1. The average Bonchev–Trinajstić information content (AvgIpc) is 3.53. The minimum absolute atomic E-state index is 0.107. The number of ether oxygens (including phenoxy) is 3. The van der Waals surface area contributed by atoms with Gasteiger partial charge in [0.2, 0.25) is 0 Å². The molecule has 0 spiro atoms. The van der Waals surface area contributed by atoms with Crippen LogP contribution in [0.3, 0.4) is 0 Å². The predicted octanol–water partition coefficient (Wildman–Crippen LogP) is 3.10. The van der Waals surface area contributed by atoms with Crippen LogP contribution in [0.5, 0.6) is 5.75 Å².